The van der Waals surface area contributed by atoms with Crippen LogP contribution in [-0.2, 0) is 0 Å². The zero-order valence-electron chi connectivity index (χ0n) is 10.3. The lowest BCUT2D eigenvalue weighted by Crippen LogP contribution is -2.11. The molecule has 0 N–H and O–H groups in total. The van der Waals surface area contributed by atoms with Crippen LogP contribution in [0.5, 0.6) is 5.75 Å². The molecule has 0 aromatic heterocycles. The van der Waals surface area contributed by atoms with Crippen molar-refractivity contribution in [1.29, 1.82) is 0 Å². The van der Waals surface area contributed by atoms with E-state index in [1.807, 2.05) is 49.4 Å². The van der Waals surface area contributed by atoms with Crippen LogP contribution in [0.3, 0.4) is 0 Å². The SMILES string of the molecule is Cc1ccc(C(=O)COc2ccc(Br)cc2Br)cc1. The van der Waals surface area contributed by atoms with Crippen molar-refractivity contribution in [1.82, 2.24) is 0 Å². The standard InChI is InChI=1S/C15H12Br2O2/c1-10-2-4-11(5-3-10)14(18)9-19-15-7-6-12(16)8-13(15)17/h2-8H,9H2,1H3. The minimum absolute atomic E-state index is 0.0310. The Bertz CT molecular complexity index is 592. The van der Waals surface area contributed by atoms with Crippen LogP contribution in [0.4, 0.5) is 0 Å². The van der Waals surface area contributed by atoms with Crippen LogP contribution in [0, 0.1) is 6.92 Å². The molecular formula is C15H12Br2O2. The Morgan fingerprint density at radius 1 is 1.11 bits per heavy atom. The highest BCUT2D eigenvalue weighted by Crippen LogP contribution is 2.28. The van der Waals surface area contributed by atoms with E-state index >= 15 is 0 Å². The smallest absolute Gasteiger partial charge is 0.200 e. The van der Waals surface area contributed by atoms with Gasteiger partial charge in [0.25, 0.3) is 0 Å². The summed E-state index contributed by atoms with van der Waals surface area (Å²) in [4.78, 5) is 12.0. The Labute approximate surface area is 129 Å². The molecule has 0 spiro atoms. The topological polar surface area (TPSA) is 26.3 Å². The fourth-order valence-electron chi connectivity index (χ4n) is 1.56. The van der Waals surface area contributed by atoms with Crippen LogP contribution in [-0.4, -0.2) is 12.4 Å². The van der Waals surface area contributed by atoms with E-state index in [9.17, 15) is 4.79 Å². The quantitative estimate of drug-likeness (QED) is 0.710. The molecule has 0 aliphatic rings. The van der Waals surface area contributed by atoms with Crippen molar-refractivity contribution < 1.29 is 9.53 Å². The van der Waals surface area contributed by atoms with Crippen LogP contribution in [0.25, 0.3) is 0 Å². The number of halogens is 2. The molecule has 0 bridgehead atoms. The second-order valence-corrected chi connectivity index (χ2v) is 5.92. The first-order valence-electron chi connectivity index (χ1n) is 5.74. The maximum Gasteiger partial charge on any atom is 0.200 e. The molecule has 0 aliphatic heterocycles. The number of hydrogen-bond acceptors (Lipinski definition) is 2. The average molecular weight is 384 g/mol. The van der Waals surface area contributed by atoms with Crippen molar-refractivity contribution in [3.05, 3.63) is 62.5 Å². The number of rotatable bonds is 4. The molecule has 19 heavy (non-hydrogen) atoms. The summed E-state index contributed by atoms with van der Waals surface area (Å²) in [7, 11) is 0. The van der Waals surface area contributed by atoms with Crippen molar-refractivity contribution in [3.8, 4) is 5.75 Å². The van der Waals surface area contributed by atoms with Gasteiger partial charge in [-0.1, -0.05) is 45.8 Å². The second kappa shape index (κ2) is 6.35. The molecule has 98 valence electrons. The molecule has 2 aromatic carbocycles. The number of hydrogen-bond donors (Lipinski definition) is 0. The van der Waals surface area contributed by atoms with Gasteiger partial charge in [-0.15, -0.1) is 0 Å². The van der Waals surface area contributed by atoms with Crippen molar-refractivity contribution in [2.45, 2.75) is 6.92 Å². The molecule has 0 saturated heterocycles. The molecule has 0 radical (unpaired) electrons. The Balaban J connectivity index is 2.02. The fraction of sp³-hybridized carbons (Fsp3) is 0.133. The Kier molecular flexibility index (Phi) is 4.77. The van der Waals surface area contributed by atoms with Gasteiger partial charge in [0, 0.05) is 10.0 Å². The highest BCUT2D eigenvalue weighted by atomic mass is 79.9. The third-order valence-corrected chi connectivity index (χ3v) is 3.74. The van der Waals surface area contributed by atoms with Gasteiger partial charge in [0.1, 0.15) is 5.75 Å². The lowest BCUT2D eigenvalue weighted by Gasteiger charge is -2.08. The number of ketones is 1. The monoisotopic (exact) mass is 382 g/mol. The van der Waals surface area contributed by atoms with E-state index in [0.29, 0.717) is 11.3 Å². The molecule has 0 aliphatic carbocycles. The molecule has 2 rings (SSSR count). The Hall–Kier alpha value is -1.13. The molecule has 0 fully saturated rings. The number of carbonyl (C=O) groups is 1. The summed E-state index contributed by atoms with van der Waals surface area (Å²) in [6.07, 6.45) is 0. The summed E-state index contributed by atoms with van der Waals surface area (Å²) in [6.45, 7) is 2.02. The van der Waals surface area contributed by atoms with Gasteiger partial charge in [0.15, 0.2) is 12.4 Å². The number of Topliss-reactive ketones (excluding diaryl/α,β-unsaturated/α-hetero) is 1. The lowest BCUT2D eigenvalue weighted by atomic mass is 10.1. The van der Waals surface area contributed by atoms with Crippen LogP contribution >= 0.6 is 31.9 Å². The predicted octanol–water partition coefficient (Wildman–Crippen LogP) is 4.78. The zero-order chi connectivity index (χ0) is 13.8. The van der Waals surface area contributed by atoms with Crippen LogP contribution < -0.4 is 4.74 Å². The summed E-state index contributed by atoms with van der Waals surface area (Å²) < 4.78 is 7.29. The summed E-state index contributed by atoms with van der Waals surface area (Å²) in [5, 5.41) is 0. The van der Waals surface area contributed by atoms with Gasteiger partial charge >= 0.3 is 0 Å². The largest absolute Gasteiger partial charge is 0.484 e. The minimum atomic E-state index is -0.0326. The molecule has 4 heteroatoms. The Morgan fingerprint density at radius 3 is 2.42 bits per heavy atom. The van der Waals surface area contributed by atoms with E-state index in [4.69, 9.17) is 4.74 Å². The number of benzene rings is 2. The zero-order valence-corrected chi connectivity index (χ0v) is 13.5. The molecule has 0 saturated carbocycles. The average Bonchev–Trinajstić information content (AvgIpc) is 2.38. The van der Waals surface area contributed by atoms with Crippen molar-refractivity contribution >= 4 is 37.6 Å². The van der Waals surface area contributed by atoms with Gasteiger partial charge in [0.2, 0.25) is 0 Å². The molecule has 0 atom stereocenters. The highest BCUT2D eigenvalue weighted by molar-refractivity contribution is 9.11. The van der Waals surface area contributed by atoms with E-state index in [1.165, 1.54) is 0 Å². The first kappa shape index (κ1) is 14.3. The first-order valence-corrected chi connectivity index (χ1v) is 7.32. The normalized spacial score (nSPS) is 10.3. The molecule has 2 aromatic rings. The predicted molar refractivity (Wildman–Crippen MR) is 82.8 cm³/mol. The maximum absolute atomic E-state index is 12.0. The van der Waals surface area contributed by atoms with Gasteiger partial charge in [-0.3, -0.25) is 4.79 Å². The van der Waals surface area contributed by atoms with E-state index in [0.717, 1.165) is 14.5 Å². The van der Waals surface area contributed by atoms with Gasteiger partial charge in [0.05, 0.1) is 4.47 Å². The first-order chi connectivity index (χ1) is 9.06. The molecule has 0 amide bonds. The van der Waals surface area contributed by atoms with E-state index in [1.54, 1.807) is 0 Å². The summed E-state index contributed by atoms with van der Waals surface area (Å²) in [6, 6.07) is 13.0. The van der Waals surface area contributed by atoms with Crippen molar-refractivity contribution in [2.24, 2.45) is 0 Å². The van der Waals surface area contributed by atoms with Crippen LogP contribution in [0.2, 0.25) is 0 Å². The lowest BCUT2D eigenvalue weighted by molar-refractivity contribution is 0.0921. The highest BCUT2D eigenvalue weighted by Gasteiger charge is 2.08. The summed E-state index contributed by atoms with van der Waals surface area (Å²) >= 11 is 6.76. The van der Waals surface area contributed by atoms with Crippen molar-refractivity contribution in [2.75, 3.05) is 6.61 Å². The number of carbonyl (C=O) groups excluding carboxylic acids is 1. The number of aryl methyl sites for hydroxylation is 1. The Morgan fingerprint density at radius 2 is 1.79 bits per heavy atom. The van der Waals surface area contributed by atoms with E-state index in [2.05, 4.69) is 31.9 Å². The summed E-state index contributed by atoms with van der Waals surface area (Å²) in [5.41, 5.74) is 1.80. The minimum Gasteiger partial charge on any atom is -0.484 e. The molecule has 2 nitrogen and oxygen atoms in total. The molecule has 0 unspecified atom stereocenters. The fourth-order valence-corrected chi connectivity index (χ4v) is 2.72. The van der Waals surface area contributed by atoms with Gasteiger partial charge in [-0.2, -0.15) is 0 Å². The number of ether oxygens (including phenoxy) is 1. The summed E-state index contributed by atoms with van der Waals surface area (Å²) in [5.74, 6) is 0.624. The van der Waals surface area contributed by atoms with Crippen LogP contribution in [0.15, 0.2) is 51.4 Å². The second-order valence-electron chi connectivity index (χ2n) is 4.15. The van der Waals surface area contributed by atoms with Crippen molar-refractivity contribution in [3.63, 3.8) is 0 Å². The van der Waals surface area contributed by atoms with Crippen LogP contribution in [0.1, 0.15) is 15.9 Å². The van der Waals surface area contributed by atoms with Gasteiger partial charge in [-0.05, 0) is 41.1 Å². The van der Waals surface area contributed by atoms with E-state index in [-0.39, 0.29) is 12.4 Å². The third-order valence-electron chi connectivity index (χ3n) is 2.63. The maximum atomic E-state index is 12.0. The van der Waals surface area contributed by atoms with Gasteiger partial charge < -0.3 is 4.74 Å². The third kappa shape index (κ3) is 3.91. The molecular weight excluding hydrogens is 372 g/mol. The van der Waals surface area contributed by atoms with E-state index < -0.39 is 0 Å². The van der Waals surface area contributed by atoms with Gasteiger partial charge in [-0.25, -0.2) is 0 Å². The molecule has 0 heterocycles.